The van der Waals surface area contributed by atoms with E-state index in [-0.39, 0.29) is 3.05 Å². The molecule has 0 aliphatic rings. The van der Waals surface area contributed by atoms with E-state index in [0.717, 1.165) is 0 Å². The zero-order chi connectivity index (χ0) is 7.65. The third kappa shape index (κ3) is 3.40. The summed E-state index contributed by atoms with van der Waals surface area (Å²) < 4.78 is 23.3. The van der Waals surface area contributed by atoms with E-state index in [2.05, 4.69) is 0 Å². The molecule has 0 amide bonds. The summed E-state index contributed by atoms with van der Waals surface area (Å²) in [6.07, 6.45) is -1.69. The van der Waals surface area contributed by atoms with Crippen LogP contribution in [0.25, 0.3) is 0 Å². The third-order valence-electron chi connectivity index (χ3n) is 0.824. The van der Waals surface area contributed by atoms with Crippen LogP contribution in [0, 0.1) is 0 Å². The van der Waals surface area contributed by atoms with Crippen LogP contribution in [-0.4, -0.2) is 18.4 Å². The van der Waals surface area contributed by atoms with Crippen molar-refractivity contribution >= 4 is 30.0 Å². The van der Waals surface area contributed by atoms with Gasteiger partial charge in [0.05, 0.1) is 0 Å². The van der Waals surface area contributed by atoms with Crippen LogP contribution in [0.5, 0.6) is 0 Å². The molecular formula is C5H9ClF2Sn. The minimum atomic E-state index is -2.60. The molecule has 0 aliphatic heterocycles. The molecular weight excluding hydrogens is 252 g/mol. The third-order valence-corrected chi connectivity index (χ3v) is 9.07. The van der Waals surface area contributed by atoms with Crippen molar-refractivity contribution in [2.75, 3.05) is 0 Å². The molecule has 0 N–H and O–H groups in total. The molecule has 0 fully saturated rings. The van der Waals surface area contributed by atoms with Crippen LogP contribution in [-0.2, 0) is 0 Å². The summed E-state index contributed by atoms with van der Waals surface area (Å²) in [7, 11) is 0. The van der Waals surface area contributed by atoms with Crippen LogP contribution in [0.3, 0.4) is 0 Å². The van der Waals surface area contributed by atoms with Crippen molar-refractivity contribution in [3.8, 4) is 0 Å². The molecule has 4 heteroatoms. The van der Waals surface area contributed by atoms with Crippen LogP contribution in [0.4, 0.5) is 8.78 Å². The van der Waals surface area contributed by atoms with Crippen LogP contribution >= 0.6 is 11.6 Å². The molecule has 0 unspecified atom stereocenters. The monoisotopic (exact) mass is 262 g/mol. The van der Waals surface area contributed by atoms with Crippen LogP contribution in [0.2, 0.25) is 14.8 Å². The fourth-order valence-corrected chi connectivity index (χ4v) is 1.90. The van der Waals surface area contributed by atoms with Crippen molar-refractivity contribution < 1.29 is 8.78 Å². The summed E-state index contributed by atoms with van der Waals surface area (Å²) in [5.41, 5.74) is 0. The van der Waals surface area contributed by atoms with Gasteiger partial charge in [-0.05, 0) is 0 Å². The molecule has 0 nitrogen and oxygen atoms in total. The molecule has 0 rings (SSSR count). The molecule has 0 radical (unpaired) electrons. The average Bonchev–Trinajstić information content (AvgIpc) is 1.62. The van der Waals surface area contributed by atoms with E-state index in [9.17, 15) is 8.78 Å². The van der Waals surface area contributed by atoms with Crippen LogP contribution in [0.1, 0.15) is 0 Å². The molecule has 9 heavy (non-hydrogen) atoms. The Bertz CT molecular complexity index is 132. The average molecular weight is 261 g/mol. The van der Waals surface area contributed by atoms with Crippen molar-refractivity contribution in [3.05, 3.63) is 9.13 Å². The Morgan fingerprint density at radius 3 is 1.56 bits per heavy atom. The molecule has 54 valence electrons. The molecule has 0 aromatic rings. The van der Waals surface area contributed by atoms with Crippen molar-refractivity contribution in [2.24, 2.45) is 0 Å². The minimum absolute atomic E-state index is 0.149. The standard InChI is InChI=1S/C2ClF2.3CH3.Sn/c3-1-2(4)5;;;;/h;3*1H3;. The Balaban J connectivity index is 4.40. The van der Waals surface area contributed by atoms with Gasteiger partial charge in [-0.2, -0.15) is 0 Å². The molecule has 0 aromatic carbocycles. The number of hydrogen-bond acceptors (Lipinski definition) is 0. The number of hydrogen-bond donors (Lipinski definition) is 0. The van der Waals surface area contributed by atoms with Gasteiger partial charge in [0.25, 0.3) is 0 Å². The molecule has 0 aromatic heterocycles. The maximum absolute atomic E-state index is 11.7. The van der Waals surface area contributed by atoms with Gasteiger partial charge in [-0.15, -0.1) is 0 Å². The fourth-order valence-electron chi connectivity index (χ4n) is 0.283. The normalized spacial score (nSPS) is 11.3. The van der Waals surface area contributed by atoms with Gasteiger partial charge in [-0.25, -0.2) is 0 Å². The zero-order valence-electron chi connectivity index (χ0n) is 5.63. The Morgan fingerprint density at radius 2 is 1.56 bits per heavy atom. The van der Waals surface area contributed by atoms with Crippen molar-refractivity contribution in [2.45, 2.75) is 14.8 Å². The summed E-state index contributed by atoms with van der Waals surface area (Å²) in [6.45, 7) is 0. The molecule has 0 atom stereocenters. The van der Waals surface area contributed by atoms with Gasteiger partial charge in [0.1, 0.15) is 0 Å². The SMILES string of the molecule is [CH3][Sn]([CH3])([CH3])[C](Cl)=C(F)F. The summed E-state index contributed by atoms with van der Waals surface area (Å²) in [4.78, 5) is 5.53. The van der Waals surface area contributed by atoms with Crippen molar-refractivity contribution in [3.63, 3.8) is 0 Å². The second-order valence-corrected chi connectivity index (χ2v) is 18.4. The van der Waals surface area contributed by atoms with E-state index in [1.165, 1.54) is 0 Å². The molecule has 0 saturated heterocycles. The van der Waals surface area contributed by atoms with Crippen molar-refractivity contribution in [1.29, 1.82) is 0 Å². The molecule has 0 bridgehead atoms. The van der Waals surface area contributed by atoms with Crippen LogP contribution < -0.4 is 0 Å². The Hall–Kier alpha value is 0.689. The first-order valence-corrected chi connectivity index (χ1v) is 12.9. The van der Waals surface area contributed by atoms with E-state index in [1.54, 1.807) is 0 Å². The predicted octanol–water partition coefficient (Wildman–Crippen LogP) is 3.21. The van der Waals surface area contributed by atoms with E-state index < -0.39 is 24.5 Å². The van der Waals surface area contributed by atoms with E-state index in [0.29, 0.717) is 0 Å². The first kappa shape index (κ1) is 9.69. The van der Waals surface area contributed by atoms with Gasteiger partial charge in [-0.1, -0.05) is 0 Å². The first-order chi connectivity index (χ1) is 3.85. The van der Waals surface area contributed by atoms with Gasteiger partial charge in [0.2, 0.25) is 0 Å². The second-order valence-electron chi connectivity index (χ2n) is 2.82. The van der Waals surface area contributed by atoms with Gasteiger partial charge in [0.15, 0.2) is 0 Å². The topological polar surface area (TPSA) is 0 Å². The van der Waals surface area contributed by atoms with E-state index in [1.807, 2.05) is 14.8 Å². The number of halogens is 3. The van der Waals surface area contributed by atoms with Gasteiger partial charge in [0, 0.05) is 0 Å². The Kier molecular flexibility index (Phi) is 3.43. The summed E-state index contributed by atoms with van der Waals surface area (Å²) >= 11 is 2.72. The molecule has 0 saturated carbocycles. The number of rotatable bonds is 1. The fraction of sp³-hybridized carbons (Fsp3) is 0.600. The van der Waals surface area contributed by atoms with Crippen molar-refractivity contribution in [1.82, 2.24) is 0 Å². The Labute approximate surface area is 62.8 Å². The first-order valence-electron chi connectivity index (χ1n) is 2.57. The van der Waals surface area contributed by atoms with E-state index in [4.69, 9.17) is 11.6 Å². The molecule has 0 aliphatic carbocycles. The summed E-state index contributed by atoms with van der Waals surface area (Å²) in [6, 6.07) is 0. The second kappa shape index (κ2) is 3.19. The zero-order valence-corrected chi connectivity index (χ0v) is 9.24. The molecule has 0 heterocycles. The van der Waals surface area contributed by atoms with Crippen LogP contribution in [0.15, 0.2) is 9.13 Å². The summed E-state index contributed by atoms with van der Waals surface area (Å²) in [5, 5.41) is 0. The molecule has 0 spiro atoms. The van der Waals surface area contributed by atoms with E-state index >= 15 is 0 Å². The summed E-state index contributed by atoms with van der Waals surface area (Å²) in [5.74, 6) is 0. The van der Waals surface area contributed by atoms with Gasteiger partial charge < -0.3 is 0 Å². The van der Waals surface area contributed by atoms with Gasteiger partial charge >= 0.3 is 62.7 Å². The van der Waals surface area contributed by atoms with Gasteiger partial charge in [-0.3, -0.25) is 0 Å². The maximum atomic E-state index is 11.7. The quantitative estimate of drug-likeness (QED) is 0.636. The Morgan fingerprint density at radius 1 is 1.22 bits per heavy atom. The predicted molar refractivity (Wildman–Crippen MR) is 38.4 cm³/mol.